The summed E-state index contributed by atoms with van der Waals surface area (Å²) in [4.78, 5) is 12.3. The molecule has 0 bridgehead atoms. The number of ether oxygens (including phenoxy) is 2. The number of hydrogen-bond donors (Lipinski definition) is 1. The van der Waals surface area contributed by atoms with E-state index in [1.165, 1.54) is 12.1 Å². The second kappa shape index (κ2) is 7.50. The maximum Gasteiger partial charge on any atom is 0.269 e. The minimum atomic E-state index is -0.426. The predicted octanol–water partition coefficient (Wildman–Crippen LogP) is 1.70. The minimum absolute atomic E-state index is 0.0197. The highest BCUT2D eigenvalue weighted by Gasteiger charge is 2.30. The molecule has 25 heavy (non-hydrogen) atoms. The first-order valence-electron chi connectivity index (χ1n) is 8.16. The molecule has 132 valence electrons. The molecule has 1 saturated heterocycles. The fourth-order valence-electron chi connectivity index (χ4n) is 2.73. The van der Waals surface area contributed by atoms with Crippen molar-refractivity contribution in [3.05, 3.63) is 64.2 Å². The van der Waals surface area contributed by atoms with Crippen molar-refractivity contribution >= 4 is 11.4 Å². The van der Waals surface area contributed by atoms with Gasteiger partial charge in [-0.05, 0) is 36.4 Å². The maximum atomic E-state index is 10.6. The highest BCUT2D eigenvalue weighted by Crippen LogP contribution is 2.21. The van der Waals surface area contributed by atoms with Crippen molar-refractivity contribution in [2.75, 3.05) is 32.1 Å². The van der Waals surface area contributed by atoms with E-state index >= 15 is 0 Å². The van der Waals surface area contributed by atoms with Gasteiger partial charge in [0.05, 0.1) is 4.92 Å². The van der Waals surface area contributed by atoms with Crippen LogP contribution in [0.5, 0.6) is 5.75 Å². The average Bonchev–Trinajstić information content (AvgIpc) is 3.09. The number of rotatable bonds is 6. The molecule has 1 aliphatic heterocycles. The lowest BCUT2D eigenvalue weighted by Crippen LogP contribution is -2.82. The number of anilines is 1. The number of benzene rings is 2. The van der Waals surface area contributed by atoms with Gasteiger partial charge in [-0.3, -0.25) is 10.1 Å². The zero-order valence-corrected chi connectivity index (χ0v) is 14.3. The summed E-state index contributed by atoms with van der Waals surface area (Å²) in [6.07, 6.45) is -0.0459. The molecule has 0 spiro atoms. The smallest absolute Gasteiger partial charge is 0.269 e. The van der Waals surface area contributed by atoms with Crippen LogP contribution in [0, 0.1) is 10.1 Å². The van der Waals surface area contributed by atoms with E-state index in [-0.39, 0.29) is 18.0 Å². The minimum Gasteiger partial charge on any atom is -0.491 e. The third kappa shape index (κ3) is 4.26. The molecule has 0 unspecified atom stereocenters. The van der Waals surface area contributed by atoms with E-state index in [2.05, 4.69) is 34.5 Å². The van der Waals surface area contributed by atoms with Crippen molar-refractivity contribution in [3.63, 3.8) is 0 Å². The number of nitro groups is 1. The number of quaternary nitrogens is 1. The molecule has 3 rings (SSSR count). The standard InChI is InChI=1S/C18H21N3O4/c1-20(2)14-5-3-13(4-6-14)18-19-11-17(25-18)12-24-16-9-7-15(8-10-16)21(22)23/h3-10,17-19H,11-12H2,1-2H3/p+1/t17-,18-/m0/s1. The predicted molar refractivity (Wildman–Crippen MR) is 93.8 cm³/mol. The van der Waals surface area contributed by atoms with Crippen LogP contribution in [0.1, 0.15) is 11.8 Å². The molecule has 7 heteroatoms. The van der Waals surface area contributed by atoms with Gasteiger partial charge in [-0.15, -0.1) is 0 Å². The Hall–Kier alpha value is -2.64. The first-order chi connectivity index (χ1) is 12.0. The van der Waals surface area contributed by atoms with Crippen molar-refractivity contribution in [2.24, 2.45) is 0 Å². The number of non-ortho nitro benzene ring substituents is 1. The van der Waals surface area contributed by atoms with E-state index in [4.69, 9.17) is 9.47 Å². The summed E-state index contributed by atoms with van der Waals surface area (Å²) >= 11 is 0. The molecule has 2 aromatic carbocycles. The zero-order chi connectivity index (χ0) is 17.8. The molecular weight excluding hydrogens is 322 g/mol. The lowest BCUT2D eigenvalue weighted by molar-refractivity contribution is -0.697. The molecule has 0 amide bonds. The maximum absolute atomic E-state index is 10.6. The van der Waals surface area contributed by atoms with Crippen LogP contribution < -0.4 is 15.0 Å². The van der Waals surface area contributed by atoms with Gasteiger partial charge in [-0.2, -0.15) is 0 Å². The molecule has 1 fully saturated rings. The van der Waals surface area contributed by atoms with Gasteiger partial charge < -0.3 is 19.7 Å². The van der Waals surface area contributed by atoms with E-state index in [0.717, 1.165) is 17.8 Å². The van der Waals surface area contributed by atoms with Gasteiger partial charge in [0.15, 0.2) is 0 Å². The highest BCUT2D eigenvalue weighted by atomic mass is 16.6. The lowest BCUT2D eigenvalue weighted by atomic mass is 10.2. The Kier molecular flexibility index (Phi) is 5.16. The van der Waals surface area contributed by atoms with Gasteiger partial charge in [-0.1, -0.05) is 0 Å². The Morgan fingerprint density at radius 3 is 2.48 bits per heavy atom. The fourth-order valence-corrected chi connectivity index (χ4v) is 2.73. The Bertz CT molecular complexity index is 716. The quantitative estimate of drug-likeness (QED) is 0.637. The molecule has 1 aliphatic rings. The van der Waals surface area contributed by atoms with Crippen molar-refractivity contribution in [1.29, 1.82) is 0 Å². The molecular formula is C18H22N3O4+. The monoisotopic (exact) mass is 344 g/mol. The average molecular weight is 344 g/mol. The summed E-state index contributed by atoms with van der Waals surface area (Å²) in [5.41, 5.74) is 2.34. The zero-order valence-electron chi connectivity index (χ0n) is 14.3. The second-order valence-electron chi connectivity index (χ2n) is 6.20. The number of hydrogen-bond acceptors (Lipinski definition) is 5. The Labute approximate surface area is 146 Å². The number of nitro benzene ring substituents is 1. The summed E-state index contributed by atoms with van der Waals surface area (Å²) in [6, 6.07) is 14.4. The third-order valence-corrected chi connectivity index (χ3v) is 4.17. The SMILES string of the molecule is CN(C)c1ccc([C@H]2[NH2+]C[C@@H](COc3ccc([N+](=O)[O-])cc3)O2)cc1. The molecule has 0 saturated carbocycles. The molecule has 0 aliphatic carbocycles. The van der Waals surface area contributed by atoms with Crippen LogP contribution in [0.2, 0.25) is 0 Å². The Morgan fingerprint density at radius 1 is 1.20 bits per heavy atom. The van der Waals surface area contributed by atoms with Gasteiger partial charge >= 0.3 is 0 Å². The van der Waals surface area contributed by atoms with E-state index in [1.54, 1.807) is 12.1 Å². The molecule has 2 atom stereocenters. The van der Waals surface area contributed by atoms with Gasteiger partial charge in [0, 0.05) is 37.5 Å². The molecule has 2 N–H and O–H groups in total. The molecule has 1 heterocycles. The molecule has 7 nitrogen and oxygen atoms in total. The number of nitrogens with zero attached hydrogens (tertiary/aromatic N) is 2. The Balaban J connectivity index is 1.51. The van der Waals surface area contributed by atoms with Crippen molar-refractivity contribution < 1.29 is 19.7 Å². The van der Waals surface area contributed by atoms with Crippen LogP contribution in [0.3, 0.4) is 0 Å². The lowest BCUT2D eigenvalue weighted by Gasteiger charge is -2.14. The van der Waals surface area contributed by atoms with Crippen LogP contribution in [0.25, 0.3) is 0 Å². The molecule has 2 aromatic rings. The van der Waals surface area contributed by atoms with Crippen LogP contribution in [-0.2, 0) is 4.74 Å². The highest BCUT2D eigenvalue weighted by molar-refractivity contribution is 5.46. The first kappa shape index (κ1) is 17.2. The summed E-state index contributed by atoms with van der Waals surface area (Å²) < 4.78 is 11.7. The van der Waals surface area contributed by atoms with Crippen molar-refractivity contribution in [2.45, 2.75) is 12.3 Å². The van der Waals surface area contributed by atoms with Gasteiger partial charge in [0.25, 0.3) is 5.69 Å². The normalized spacial score (nSPS) is 19.6. The van der Waals surface area contributed by atoms with E-state index in [0.29, 0.717) is 12.4 Å². The third-order valence-electron chi connectivity index (χ3n) is 4.17. The topological polar surface area (TPSA) is 81.5 Å². The van der Waals surface area contributed by atoms with E-state index in [9.17, 15) is 10.1 Å². The number of nitrogens with two attached hydrogens (primary N) is 1. The van der Waals surface area contributed by atoms with E-state index < -0.39 is 4.92 Å². The van der Waals surface area contributed by atoms with Crippen LogP contribution >= 0.6 is 0 Å². The molecule has 0 aromatic heterocycles. The summed E-state index contributed by atoms with van der Waals surface area (Å²) in [5, 5.41) is 12.8. The summed E-state index contributed by atoms with van der Waals surface area (Å²) in [6.45, 7) is 1.23. The summed E-state index contributed by atoms with van der Waals surface area (Å²) in [7, 11) is 4.03. The van der Waals surface area contributed by atoms with Crippen molar-refractivity contribution in [1.82, 2.24) is 0 Å². The fraction of sp³-hybridized carbons (Fsp3) is 0.333. The van der Waals surface area contributed by atoms with Gasteiger partial charge in [-0.25, -0.2) is 0 Å². The van der Waals surface area contributed by atoms with Gasteiger partial charge in [0.2, 0.25) is 6.23 Å². The van der Waals surface area contributed by atoms with Crippen LogP contribution in [0.4, 0.5) is 11.4 Å². The van der Waals surface area contributed by atoms with Gasteiger partial charge in [0.1, 0.15) is 25.0 Å². The Morgan fingerprint density at radius 2 is 1.88 bits per heavy atom. The first-order valence-corrected chi connectivity index (χ1v) is 8.16. The van der Waals surface area contributed by atoms with Crippen LogP contribution in [-0.4, -0.2) is 38.3 Å². The summed E-state index contributed by atoms with van der Waals surface area (Å²) in [5.74, 6) is 0.605. The largest absolute Gasteiger partial charge is 0.491 e. The van der Waals surface area contributed by atoms with Crippen LogP contribution in [0.15, 0.2) is 48.5 Å². The second-order valence-corrected chi connectivity index (χ2v) is 6.20. The molecule has 0 radical (unpaired) electrons. The van der Waals surface area contributed by atoms with E-state index in [1.807, 2.05) is 14.1 Å². The van der Waals surface area contributed by atoms with Crippen molar-refractivity contribution in [3.8, 4) is 5.75 Å².